The molecule has 1 aliphatic carbocycles. The van der Waals surface area contributed by atoms with Crippen molar-refractivity contribution >= 4 is 0 Å². The highest BCUT2D eigenvalue weighted by Gasteiger charge is 2.06. The van der Waals surface area contributed by atoms with E-state index < -0.39 is 0 Å². The van der Waals surface area contributed by atoms with Crippen LogP contribution in [0.2, 0.25) is 0 Å². The SMILES string of the molecule is C=CCCC(=C)C1=CC(C)C=CCC1. The largest absolute Gasteiger partial charge is 0.103 e. The van der Waals surface area contributed by atoms with E-state index in [2.05, 4.69) is 38.3 Å². The van der Waals surface area contributed by atoms with E-state index in [0.29, 0.717) is 5.92 Å². The van der Waals surface area contributed by atoms with Crippen molar-refractivity contribution in [3.63, 3.8) is 0 Å². The van der Waals surface area contributed by atoms with Gasteiger partial charge in [-0.2, -0.15) is 0 Å². The summed E-state index contributed by atoms with van der Waals surface area (Å²) in [4.78, 5) is 0. The highest BCUT2D eigenvalue weighted by atomic mass is 14.1. The van der Waals surface area contributed by atoms with Crippen LogP contribution in [0.15, 0.2) is 48.6 Å². The smallest absolute Gasteiger partial charge is 0.00760 e. The lowest BCUT2D eigenvalue weighted by atomic mass is 9.97. The highest BCUT2D eigenvalue weighted by molar-refractivity contribution is 5.31. The summed E-state index contributed by atoms with van der Waals surface area (Å²) in [5, 5.41) is 0. The molecule has 0 aromatic rings. The molecule has 0 radical (unpaired) electrons. The quantitative estimate of drug-likeness (QED) is 0.573. The molecule has 76 valence electrons. The van der Waals surface area contributed by atoms with Crippen molar-refractivity contribution in [2.75, 3.05) is 0 Å². The van der Waals surface area contributed by atoms with Crippen LogP contribution in [-0.4, -0.2) is 0 Å². The first-order chi connectivity index (χ1) is 6.74. The van der Waals surface area contributed by atoms with Gasteiger partial charge in [-0.1, -0.05) is 43.4 Å². The number of allylic oxidation sites excluding steroid dienone is 6. The first-order valence-corrected chi connectivity index (χ1v) is 5.40. The zero-order valence-electron chi connectivity index (χ0n) is 9.13. The summed E-state index contributed by atoms with van der Waals surface area (Å²) in [6.45, 7) is 10.1. The van der Waals surface area contributed by atoms with Crippen LogP contribution in [0.5, 0.6) is 0 Å². The number of hydrogen-bond donors (Lipinski definition) is 0. The van der Waals surface area contributed by atoms with Gasteiger partial charge in [0.05, 0.1) is 0 Å². The lowest BCUT2D eigenvalue weighted by Crippen LogP contribution is -1.90. The van der Waals surface area contributed by atoms with Crippen LogP contribution in [0.25, 0.3) is 0 Å². The molecule has 0 heteroatoms. The molecule has 0 aliphatic heterocycles. The lowest BCUT2D eigenvalue weighted by Gasteiger charge is -2.09. The predicted octanol–water partition coefficient (Wildman–Crippen LogP) is 4.42. The zero-order chi connectivity index (χ0) is 10.4. The molecule has 1 rings (SSSR count). The molecule has 0 N–H and O–H groups in total. The molecule has 0 spiro atoms. The molecule has 0 aromatic carbocycles. The second kappa shape index (κ2) is 5.64. The van der Waals surface area contributed by atoms with E-state index in [-0.39, 0.29) is 0 Å². The fourth-order valence-corrected chi connectivity index (χ4v) is 1.74. The first-order valence-electron chi connectivity index (χ1n) is 5.40. The van der Waals surface area contributed by atoms with Gasteiger partial charge < -0.3 is 0 Å². The molecule has 0 aromatic heterocycles. The molecule has 14 heavy (non-hydrogen) atoms. The third-order valence-electron chi connectivity index (χ3n) is 2.59. The Morgan fingerprint density at radius 1 is 1.64 bits per heavy atom. The second-order valence-electron chi connectivity index (χ2n) is 3.95. The van der Waals surface area contributed by atoms with E-state index in [0.717, 1.165) is 25.7 Å². The van der Waals surface area contributed by atoms with Crippen molar-refractivity contribution in [3.8, 4) is 0 Å². The van der Waals surface area contributed by atoms with E-state index in [4.69, 9.17) is 0 Å². The molecule has 0 bridgehead atoms. The summed E-state index contributed by atoms with van der Waals surface area (Å²) in [5.41, 5.74) is 2.74. The molecule has 0 amide bonds. The van der Waals surface area contributed by atoms with Crippen molar-refractivity contribution in [2.45, 2.75) is 32.6 Å². The Morgan fingerprint density at radius 3 is 3.14 bits per heavy atom. The summed E-state index contributed by atoms with van der Waals surface area (Å²) >= 11 is 0. The average molecular weight is 188 g/mol. The van der Waals surface area contributed by atoms with Gasteiger partial charge in [-0.15, -0.1) is 6.58 Å². The van der Waals surface area contributed by atoms with Gasteiger partial charge in [0.2, 0.25) is 0 Å². The van der Waals surface area contributed by atoms with Crippen molar-refractivity contribution < 1.29 is 0 Å². The summed E-state index contributed by atoms with van der Waals surface area (Å²) in [6.07, 6.45) is 13.3. The van der Waals surface area contributed by atoms with Crippen LogP contribution in [-0.2, 0) is 0 Å². The zero-order valence-corrected chi connectivity index (χ0v) is 9.13. The topological polar surface area (TPSA) is 0 Å². The first kappa shape index (κ1) is 11.0. The van der Waals surface area contributed by atoms with Gasteiger partial charge in [0.25, 0.3) is 0 Å². The van der Waals surface area contributed by atoms with Crippen LogP contribution in [0.4, 0.5) is 0 Å². The minimum absolute atomic E-state index is 0.563. The standard InChI is InChI=1S/C14H20/c1-4-5-9-13(3)14-10-7-6-8-12(2)11-14/h4,6,8,11-12H,1,3,5,7,9-10H2,2H3. The van der Waals surface area contributed by atoms with Crippen LogP contribution in [0.3, 0.4) is 0 Å². The number of hydrogen-bond acceptors (Lipinski definition) is 0. The van der Waals surface area contributed by atoms with E-state index in [1.165, 1.54) is 11.1 Å². The summed E-state index contributed by atoms with van der Waals surface area (Å²) in [7, 11) is 0. The van der Waals surface area contributed by atoms with Gasteiger partial charge in [0, 0.05) is 0 Å². The summed E-state index contributed by atoms with van der Waals surface area (Å²) in [5.74, 6) is 0.563. The van der Waals surface area contributed by atoms with Crippen molar-refractivity contribution in [3.05, 3.63) is 48.6 Å². The van der Waals surface area contributed by atoms with Gasteiger partial charge in [-0.05, 0) is 37.2 Å². The minimum atomic E-state index is 0.563. The molecule has 0 fully saturated rings. The Kier molecular flexibility index (Phi) is 4.45. The Morgan fingerprint density at radius 2 is 2.43 bits per heavy atom. The predicted molar refractivity (Wildman–Crippen MR) is 64.2 cm³/mol. The average Bonchev–Trinajstić information content (AvgIpc) is 2.39. The van der Waals surface area contributed by atoms with Crippen LogP contribution in [0.1, 0.15) is 32.6 Å². The monoisotopic (exact) mass is 188 g/mol. The molecule has 0 heterocycles. The van der Waals surface area contributed by atoms with Crippen molar-refractivity contribution in [1.82, 2.24) is 0 Å². The molecular formula is C14H20. The van der Waals surface area contributed by atoms with Crippen LogP contribution in [0, 0.1) is 5.92 Å². The van der Waals surface area contributed by atoms with Crippen molar-refractivity contribution in [2.24, 2.45) is 5.92 Å². The van der Waals surface area contributed by atoms with E-state index in [9.17, 15) is 0 Å². The van der Waals surface area contributed by atoms with Crippen LogP contribution >= 0.6 is 0 Å². The molecule has 0 nitrogen and oxygen atoms in total. The van der Waals surface area contributed by atoms with Gasteiger partial charge in [0.1, 0.15) is 0 Å². The fourth-order valence-electron chi connectivity index (χ4n) is 1.74. The van der Waals surface area contributed by atoms with Gasteiger partial charge in [-0.25, -0.2) is 0 Å². The Labute approximate surface area is 87.7 Å². The Balaban J connectivity index is 2.58. The summed E-state index contributed by atoms with van der Waals surface area (Å²) in [6, 6.07) is 0. The fraction of sp³-hybridized carbons (Fsp3) is 0.429. The van der Waals surface area contributed by atoms with E-state index in [1.807, 2.05) is 6.08 Å². The molecule has 1 atom stereocenters. The maximum atomic E-state index is 4.15. The van der Waals surface area contributed by atoms with Crippen LogP contribution < -0.4 is 0 Å². The highest BCUT2D eigenvalue weighted by Crippen LogP contribution is 2.24. The molecule has 0 saturated carbocycles. The second-order valence-corrected chi connectivity index (χ2v) is 3.95. The van der Waals surface area contributed by atoms with Gasteiger partial charge >= 0.3 is 0 Å². The molecule has 0 saturated heterocycles. The van der Waals surface area contributed by atoms with E-state index >= 15 is 0 Å². The molecule has 1 unspecified atom stereocenters. The minimum Gasteiger partial charge on any atom is -0.103 e. The maximum Gasteiger partial charge on any atom is -0.00760 e. The Bertz CT molecular complexity index is 266. The van der Waals surface area contributed by atoms with Crippen molar-refractivity contribution in [1.29, 1.82) is 0 Å². The normalized spacial score (nSPS) is 21.2. The third kappa shape index (κ3) is 3.37. The lowest BCUT2D eigenvalue weighted by molar-refractivity contribution is 0.898. The van der Waals surface area contributed by atoms with Gasteiger partial charge in [-0.3, -0.25) is 0 Å². The summed E-state index contributed by atoms with van der Waals surface area (Å²) < 4.78 is 0. The molecular weight excluding hydrogens is 168 g/mol. The Hall–Kier alpha value is -1.04. The maximum absolute atomic E-state index is 4.15. The molecule has 1 aliphatic rings. The number of rotatable bonds is 4. The third-order valence-corrected chi connectivity index (χ3v) is 2.59. The van der Waals surface area contributed by atoms with E-state index in [1.54, 1.807) is 0 Å². The van der Waals surface area contributed by atoms with Gasteiger partial charge in [0.15, 0.2) is 0 Å².